The molecule has 0 amide bonds. The minimum absolute atomic E-state index is 0.224. The lowest BCUT2D eigenvalue weighted by Gasteiger charge is -2.17. The first-order chi connectivity index (χ1) is 9.06. The summed E-state index contributed by atoms with van der Waals surface area (Å²) in [4.78, 5) is 4.36. The topological polar surface area (TPSA) is 55.9 Å². The van der Waals surface area contributed by atoms with Crippen LogP contribution in [0.15, 0.2) is 36.9 Å². The van der Waals surface area contributed by atoms with Crippen molar-refractivity contribution in [2.24, 2.45) is 5.73 Å². The molecule has 0 aliphatic carbocycles. The number of nitrogens with two attached hydrogens (primary N) is 1. The second-order valence-electron chi connectivity index (χ2n) is 4.36. The highest BCUT2D eigenvalue weighted by Crippen LogP contribution is 2.23. The van der Waals surface area contributed by atoms with E-state index in [0.29, 0.717) is 10.0 Å². The molecule has 1 unspecified atom stereocenters. The SMILES string of the molecule is CC(Cn1ccnc1)Nc1ccc(C(N)=S)cc1Cl. The van der Waals surface area contributed by atoms with Crippen LogP contribution in [0.3, 0.4) is 0 Å². The molecule has 0 spiro atoms. The number of thiocarbonyl (C=S) groups is 1. The summed E-state index contributed by atoms with van der Waals surface area (Å²) in [7, 11) is 0. The molecular weight excluding hydrogens is 280 g/mol. The second kappa shape index (κ2) is 6.04. The zero-order valence-corrected chi connectivity index (χ0v) is 12.1. The van der Waals surface area contributed by atoms with Gasteiger partial charge in [-0.3, -0.25) is 0 Å². The quantitative estimate of drug-likeness (QED) is 0.833. The molecule has 6 heteroatoms. The first-order valence-corrected chi connectivity index (χ1v) is 6.66. The Kier molecular flexibility index (Phi) is 4.39. The minimum atomic E-state index is 0.224. The summed E-state index contributed by atoms with van der Waals surface area (Å²) in [5.74, 6) is 0. The van der Waals surface area contributed by atoms with Gasteiger partial charge in [-0.15, -0.1) is 0 Å². The number of imidazole rings is 1. The van der Waals surface area contributed by atoms with E-state index in [9.17, 15) is 0 Å². The Morgan fingerprint density at radius 1 is 1.58 bits per heavy atom. The van der Waals surface area contributed by atoms with Crippen molar-refractivity contribution in [2.45, 2.75) is 19.5 Å². The first-order valence-electron chi connectivity index (χ1n) is 5.88. The predicted octanol–water partition coefficient (Wildman–Crippen LogP) is 2.67. The standard InChI is InChI=1S/C13H15ClN4S/c1-9(7-18-5-4-16-8-18)17-12-3-2-10(13(15)19)6-11(12)14/h2-6,8-9,17H,7H2,1H3,(H2,15,19). The molecule has 1 atom stereocenters. The third kappa shape index (κ3) is 3.68. The molecule has 0 saturated heterocycles. The number of hydrogen-bond donors (Lipinski definition) is 2. The average molecular weight is 295 g/mol. The van der Waals surface area contributed by atoms with E-state index in [2.05, 4.69) is 17.2 Å². The molecule has 0 saturated carbocycles. The number of nitrogens with zero attached hydrogens (tertiary/aromatic N) is 2. The molecule has 0 bridgehead atoms. The van der Waals surface area contributed by atoms with E-state index in [1.54, 1.807) is 18.6 Å². The summed E-state index contributed by atoms with van der Waals surface area (Å²) >= 11 is 11.1. The molecule has 0 aliphatic rings. The summed E-state index contributed by atoms with van der Waals surface area (Å²) in [5, 5.41) is 3.96. The van der Waals surface area contributed by atoms with E-state index in [-0.39, 0.29) is 6.04 Å². The van der Waals surface area contributed by atoms with Gasteiger partial charge in [0.1, 0.15) is 4.99 Å². The van der Waals surface area contributed by atoms with Crippen LogP contribution in [0.2, 0.25) is 5.02 Å². The van der Waals surface area contributed by atoms with E-state index >= 15 is 0 Å². The number of hydrogen-bond acceptors (Lipinski definition) is 3. The van der Waals surface area contributed by atoms with Gasteiger partial charge in [0.15, 0.2) is 0 Å². The van der Waals surface area contributed by atoms with Crippen LogP contribution < -0.4 is 11.1 Å². The Hall–Kier alpha value is -1.59. The third-order valence-corrected chi connectivity index (χ3v) is 3.25. The van der Waals surface area contributed by atoms with Gasteiger partial charge in [0.25, 0.3) is 0 Å². The second-order valence-corrected chi connectivity index (χ2v) is 5.21. The molecule has 0 aliphatic heterocycles. The fourth-order valence-electron chi connectivity index (χ4n) is 1.81. The van der Waals surface area contributed by atoms with Crippen LogP contribution in [0.4, 0.5) is 5.69 Å². The smallest absolute Gasteiger partial charge is 0.104 e. The highest BCUT2D eigenvalue weighted by molar-refractivity contribution is 7.80. The summed E-state index contributed by atoms with van der Waals surface area (Å²) < 4.78 is 2.01. The monoisotopic (exact) mass is 294 g/mol. The Morgan fingerprint density at radius 3 is 2.95 bits per heavy atom. The van der Waals surface area contributed by atoms with Gasteiger partial charge in [0, 0.05) is 30.5 Å². The van der Waals surface area contributed by atoms with E-state index in [1.165, 1.54) is 0 Å². The average Bonchev–Trinajstić information content (AvgIpc) is 2.84. The van der Waals surface area contributed by atoms with Crippen molar-refractivity contribution in [3.63, 3.8) is 0 Å². The highest BCUT2D eigenvalue weighted by Gasteiger charge is 2.07. The predicted molar refractivity (Wildman–Crippen MR) is 82.7 cm³/mol. The van der Waals surface area contributed by atoms with Crippen molar-refractivity contribution in [3.8, 4) is 0 Å². The van der Waals surface area contributed by atoms with Crippen LogP contribution in [-0.4, -0.2) is 20.6 Å². The summed E-state index contributed by atoms with van der Waals surface area (Å²) in [6.07, 6.45) is 5.47. The summed E-state index contributed by atoms with van der Waals surface area (Å²) in [6.45, 7) is 2.89. The maximum atomic E-state index is 6.20. The lowest BCUT2D eigenvalue weighted by Crippen LogP contribution is -2.21. The van der Waals surface area contributed by atoms with Crippen molar-refractivity contribution in [2.75, 3.05) is 5.32 Å². The Balaban J connectivity index is 2.04. The Bertz CT molecular complexity index is 568. The molecule has 19 heavy (non-hydrogen) atoms. The van der Waals surface area contributed by atoms with Crippen LogP contribution in [0.1, 0.15) is 12.5 Å². The van der Waals surface area contributed by atoms with Crippen LogP contribution in [0.25, 0.3) is 0 Å². The van der Waals surface area contributed by atoms with Crippen LogP contribution in [-0.2, 0) is 6.54 Å². The van der Waals surface area contributed by atoms with Gasteiger partial charge in [-0.05, 0) is 25.1 Å². The van der Waals surface area contributed by atoms with Crippen LogP contribution >= 0.6 is 23.8 Å². The summed E-state index contributed by atoms with van der Waals surface area (Å²) in [6, 6.07) is 5.75. The number of benzene rings is 1. The molecule has 0 fully saturated rings. The minimum Gasteiger partial charge on any atom is -0.389 e. The summed E-state index contributed by atoms with van der Waals surface area (Å²) in [5.41, 5.74) is 7.21. The van der Waals surface area contributed by atoms with Gasteiger partial charge in [0.05, 0.1) is 17.0 Å². The first kappa shape index (κ1) is 13.8. The number of halogens is 1. The molecule has 0 radical (unpaired) electrons. The van der Waals surface area contributed by atoms with Gasteiger partial charge in [0.2, 0.25) is 0 Å². The lowest BCUT2D eigenvalue weighted by atomic mass is 10.2. The van der Waals surface area contributed by atoms with Gasteiger partial charge in [-0.1, -0.05) is 23.8 Å². The molecule has 2 rings (SSSR count). The van der Waals surface area contributed by atoms with Crippen LogP contribution in [0.5, 0.6) is 0 Å². The van der Waals surface area contributed by atoms with E-state index in [1.807, 2.05) is 22.9 Å². The molecule has 3 N–H and O–H groups in total. The number of rotatable bonds is 5. The fraction of sp³-hybridized carbons (Fsp3) is 0.231. The lowest BCUT2D eigenvalue weighted by molar-refractivity contribution is 0.619. The number of aromatic nitrogens is 2. The maximum absolute atomic E-state index is 6.20. The molecule has 100 valence electrons. The van der Waals surface area contributed by atoms with Gasteiger partial charge in [-0.25, -0.2) is 4.98 Å². The van der Waals surface area contributed by atoms with E-state index in [0.717, 1.165) is 17.8 Å². The van der Waals surface area contributed by atoms with Crippen molar-refractivity contribution < 1.29 is 0 Å². The molecular formula is C13H15ClN4S. The Morgan fingerprint density at radius 2 is 2.37 bits per heavy atom. The number of anilines is 1. The normalized spacial score (nSPS) is 12.1. The van der Waals surface area contributed by atoms with Gasteiger partial charge < -0.3 is 15.6 Å². The van der Waals surface area contributed by atoms with E-state index < -0.39 is 0 Å². The fourth-order valence-corrected chi connectivity index (χ4v) is 2.17. The van der Waals surface area contributed by atoms with Gasteiger partial charge in [-0.2, -0.15) is 0 Å². The molecule has 1 heterocycles. The van der Waals surface area contributed by atoms with Crippen molar-refractivity contribution in [3.05, 3.63) is 47.5 Å². The van der Waals surface area contributed by atoms with E-state index in [4.69, 9.17) is 29.6 Å². The third-order valence-electron chi connectivity index (χ3n) is 2.70. The molecule has 1 aromatic heterocycles. The molecule has 4 nitrogen and oxygen atoms in total. The largest absolute Gasteiger partial charge is 0.389 e. The Labute approximate surface area is 122 Å². The van der Waals surface area contributed by atoms with Gasteiger partial charge >= 0.3 is 0 Å². The zero-order valence-electron chi connectivity index (χ0n) is 10.5. The van der Waals surface area contributed by atoms with Crippen molar-refractivity contribution in [1.82, 2.24) is 9.55 Å². The van der Waals surface area contributed by atoms with Crippen LogP contribution in [0, 0.1) is 0 Å². The maximum Gasteiger partial charge on any atom is 0.104 e. The molecule has 1 aromatic carbocycles. The molecule has 2 aromatic rings. The number of nitrogens with one attached hydrogen (secondary N) is 1. The zero-order chi connectivity index (χ0) is 13.8. The van der Waals surface area contributed by atoms with Crippen molar-refractivity contribution in [1.29, 1.82) is 0 Å². The highest BCUT2D eigenvalue weighted by atomic mass is 35.5. The van der Waals surface area contributed by atoms with Crippen molar-refractivity contribution >= 4 is 34.5 Å².